The van der Waals surface area contributed by atoms with E-state index in [9.17, 15) is 8.42 Å². The molecule has 0 saturated heterocycles. The molecule has 1 radical (unpaired) electrons. The Labute approximate surface area is 75.8 Å². The third kappa shape index (κ3) is 5.55. The zero-order valence-corrected chi connectivity index (χ0v) is 8.89. The molecule has 0 heterocycles. The van der Waals surface area contributed by atoms with Gasteiger partial charge in [0.15, 0.2) is 0 Å². The fraction of sp³-hybridized carbons (Fsp3) is 0.875. The lowest BCUT2D eigenvalue weighted by molar-refractivity contribution is 0.506. The summed E-state index contributed by atoms with van der Waals surface area (Å²) < 4.78 is 23.1. The maximum absolute atomic E-state index is 10.9. The van der Waals surface area contributed by atoms with Gasteiger partial charge in [0, 0.05) is 13.6 Å². The van der Waals surface area contributed by atoms with Crippen molar-refractivity contribution in [1.29, 1.82) is 0 Å². The van der Waals surface area contributed by atoms with Gasteiger partial charge in [-0.05, 0) is 6.42 Å². The van der Waals surface area contributed by atoms with Crippen molar-refractivity contribution in [1.82, 2.24) is 4.31 Å². The van der Waals surface area contributed by atoms with E-state index in [2.05, 4.69) is 6.92 Å². The molecule has 4 heteroatoms. The maximum Gasteiger partial charge on any atom is 0.211 e. The SMILES string of the molecule is CCCCC[CH]N(C)S(C)(=O)=O. The van der Waals surface area contributed by atoms with Crippen molar-refractivity contribution in [2.45, 2.75) is 32.6 Å². The van der Waals surface area contributed by atoms with E-state index in [0.717, 1.165) is 25.7 Å². The molecule has 0 aliphatic heterocycles. The van der Waals surface area contributed by atoms with Gasteiger partial charge in [-0.1, -0.05) is 26.2 Å². The van der Waals surface area contributed by atoms with Crippen LogP contribution in [-0.4, -0.2) is 26.0 Å². The molecule has 0 fully saturated rings. The van der Waals surface area contributed by atoms with E-state index in [1.165, 1.54) is 10.6 Å². The van der Waals surface area contributed by atoms with Crippen LogP contribution in [0.15, 0.2) is 0 Å². The highest BCUT2D eigenvalue weighted by Crippen LogP contribution is 2.06. The summed E-state index contributed by atoms with van der Waals surface area (Å²) in [6, 6.07) is 0. The van der Waals surface area contributed by atoms with Gasteiger partial charge >= 0.3 is 0 Å². The zero-order chi connectivity index (χ0) is 9.61. The van der Waals surface area contributed by atoms with Crippen LogP contribution >= 0.6 is 0 Å². The van der Waals surface area contributed by atoms with E-state index in [1.54, 1.807) is 13.6 Å². The topological polar surface area (TPSA) is 37.4 Å². The molecule has 0 aliphatic rings. The first-order chi connectivity index (χ1) is 5.48. The van der Waals surface area contributed by atoms with E-state index in [1.807, 2.05) is 0 Å². The summed E-state index contributed by atoms with van der Waals surface area (Å²) in [5, 5.41) is 0. The standard InChI is InChI=1S/C8H18NO2S/c1-4-5-6-7-8-9(2)12(3,10)11/h8H,4-7H2,1-3H3. The van der Waals surface area contributed by atoms with Crippen LogP contribution in [0.3, 0.4) is 0 Å². The van der Waals surface area contributed by atoms with Gasteiger partial charge in [0.05, 0.1) is 6.26 Å². The van der Waals surface area contributed by atoms with E-state index in [4.69, 9.17) is 0 Å². The monoisotopic (exact) mass is 192 g/mol. The number of unbranched alkanes of at least 4 members (excludes halogenated alkanes) is 3. The van der Waals surface area contributed by atoms with Crippen molar-refractivity contribution < 1.29 is 8.42 Å². The second-order valence-electron chi connectivity index (χ2n) is 2.96. The predicted octanol–water partition coefficient (Wildman–Crippen LogP) is 1.62. The molecule has 3 nitrogen and oxygen atoms in total. The summed E-state index contributed by atoms with van der Waals surface area (Å²) in [5.74, 6) is 0. The summed E-state index contributed by atoms with van der Waals surface area (Å²) >= 11 is 0. The van der Waals surface area contributed by atoms with Crippen LogP contribution in [0.25, 0.3) is 0 Å². The lowest BCUT2D eigenvalue weighted by atomic mass is 10.2. The van der Waals surface area contributed by atoms with Crippen LogP contribution in [0.4, 0.5) is 0 Å². The third-order valence-corrected chi connectivity index (χ3v) is 2.91. The Morgan fingerprint density at radius 2 is 1.92 bits per heavy atom. The molecule has 0 saturated carbocycles. The highest BCUT2D eigenvalue weighted by Gasteiger charge is 2.09. The van der Waals surface area contributed by atoms with Crippen LogP contribution in [0.5, 0.6) is 0 Å². The van der Waals surface area contributed by atoms with Crippen LogP contribution in [0.2, 0.25) is 0 Å². The minimum atomic E-state index is -3.01. The van der Waals surface area contributed by atoms with Gasteiger partial charge in [0.1, 0.15) is 0 Å². The molecule has 12 heavy (non-hydrogen) atoms. The molecule has 0 rings (SSSR count). The lowest BCUT2D eigenvalue weighted by Gasteiger charge is -2.12. The Kier molecular flexibility index (Phi) is 5.50. The molecule has 0 aromatic carbocycles. The van der Waals surface area contributed by atoms with Gasteiger partial charge in [0.2, 0.25) is 10.0 Å². The van der Waals surface area contributed by atoms with Crippen molar-refractivity contribution in [3.05, 3.63) is 6.54 Å². The van der Waals surface area contributed by atoms with Gasteiger partial charge in [-0.15, -0.1) is 0 Å². The average Bonchev–Trinajstić information content (AvgIpc) is 1.96. The smallest absolute Gasteiger partial charge is 0.211 e. The van der Waals surface area contributed by atoms with Crippen LogP contribution in [0, 0.1) is 6.54 Å². The average molecular weight is 192 g/mol. The zero-order valence-electron chi connectivity index (χ0n) is 8.08. The van der Waals surface area contributed by atoms with Gasteiger partial charge in [-0.2, -0.15) is 0 Å². The first kappa shape index (κ1) is 11.9. The number of sulfonamides is 1. The van der Waals surface area contributed by atoms with Gasteiger partial charge in [-0.3, -0.25) is 0 Å². The Morgan fingerprint density at radius 3 is 2.33 bits per heavy atom. The van der Waals surface area contributed by atoms with E-state index >= 15 is 0 Å². The molecule has 0 aromatic heterocycles. The summed E-state index contributed by atoms with van der Waals surface area (Å²) in [6.45, 7) is 3.85. The van der Waals surface area contributed by atoms with E-state index in [-0.39, 0.29) is 0 Å². The van der Waals surface area contributed by atoms with Crippen LogP contribution in [0.1, 0.15) is 32.6 Å². The molecular formula is C8H18NO2S. The van der Waals surface area contributed by atoms with Crippen LogP contribution in [-0.2, 0) is 10.0 Å². The highest BCUT2D eigenvalue weighted by molar-refractivity contribution is 7.88. The van der Waals surface area contributed by atoms with Crippen molar-refractivity contribution in [2.24, 2.45) is 0 Å². The molecule has 0 amide bonds. The fourth-order valence-corrected chi connectivity index (χ4v) is 1.18. The molecule has 0 unspecified atom stereocenters. The van der Waals surface area contributed by atoms with Crippen molar-refractivity contribution in [2.75, 3.05) is 13.3 Å². The molecule has 0 aromatic rings. The molecular weight excluding hydrogens is 174 g/mol. The largest absolute Gasteiger partial charge is 0.213 e. The van der Waals surface area contributed by atoms with Gasteiger partial charge < -0.3 is 0 Å². The first-order valence-electron chi connectivity index (χ1n) is 4.24. The van der Waals surface area contributed by atoms with Crippen LogP contribution < -0.4 is 0 Å². The first-order valence-corrected chi connectivity index (χ1v) is 6.09. The van der Waals surface area contributed by atoms with Crippen molar-refractivity contribution in [3.8, 4) is 0 Å². The quantitative estimate of drug-likeness (QED) is 0.600. The molecule has 0 N–H and O–H groups in total. The van der Waals surface area contributed by atoms with Crippen molar-refractivity contribution >= 4 is 10.0 Å². The van der Waals surface area contributed by atoms with Gasteiger partial charge in [-0.25, -0.2) is 12.7 Å². The Hall–Kier alpha value is -0.0900. The second kappa shape index (κ2) is 5.54. The molecule has 73 valence electrons. The molecule has 0 atom stereocenters. The maximum atomic E-state index is 10.9. The number of nitrogens with zero attached hydrogens (tertiary/aromatic N) is 1. The molecule has 0 spiro atoms. The summed E-state index contributed by atoms with van der Waals surface area (Å²) in [5.41, 5.74) is 0. The summed E-state index contributed by atoms with van der Waals surface area (Å²) in [4.78, 5) is 0. The minimum absolute atomic E-state index is 0.845. The number of hydrogen-bond acceptors (Lipinski definition) is 2. The van der Waals surface area contributed by atoms with Gasteiger partial charge in [0.25, 0.3) is 0 Å². The molecule has 0 aliphatic carbocycles. The number of hydrogen-bond donors (Lipinski definition) is 0. The summed E-state index contributed by atoms with van der Waals surface area (Å²) in [7, 11) is -1.44. The predicted molar refractivity (Wildman–Crippen MR) is 51.0 cm³/mol. The summed E-state index contributed by atoms with van der Waals surface area (Å²) in [6.07, 6.45) is 5.45. The Balaban J connectivity index is 3.52. The van der Waals surface area contributed by atoms with Crippen molar-refractivity contribution in [3.63, 3.8) is 0 Å². The number of rotatable bonds is 6. The minimum Gasteiger partial charge on any atom is -0.213 e. The van der Waals surface area contributed by atoms with E-state index < -0.39 is 10.0 Å². The molecule has 0 bridgehead atoms. The second-order valence-corrected chi connectivity index (χ2v) is 5.00. The third-order valence-electron chi connectivity index (χ3n) is 1.72. The fourth-order valence-electron chi connectivity index (χ4n) is 0.803. The lowest BCUT2D eigenvalue weighted by Crippen LogP contribution is -2.22. The normalized spacial score (nSPS) is 12.3. The Morgan fingerprint density at radius 1 is 1.33 bits per heavy atom. The Bertz CT molecular complexity index is 199. The highest BCUT2D eigenvalue weighted by atomic mass is 32.2. The van der Waals surface area contributed by atoms with E-state index in [0.29, 0.717) is 0 Å².